The number of benzene rings is 1. The number of halogens is 3. The molecule has 1 heterocycles. The Kier molecular flexibility index (Phi) is 2.80. The highest BCUT2D eigenvalue weighted by atomic mass is 19.4. The summed E-state index contributed by atoms with van der Waals surface area (Å²) >= 11 is 0. The normalized spacial score (nSPS) is 11.8. The maximum absolute atomic E-state index is 12.8. The molecule has 0 aliphatic heterocycles. The molecule has 1 aromatic heterocycles. The molecule has 0 bridgehead atoms. The van der Waals surface area contributed by atoms with E-state index in [2.05, 4.69) is 4.98 Å². The van der Waals surface area contributed by atoms with Crippen LogP contribution in [0.25, 0.3) is 10.9 Å². The second-order valence-corrected chi connectivity index (χ2v) is 3.48. The SMILES string of the molecule is OB(O)c1cc(C(F)(F)F)c2ccccc2n1. The monoisotopic (exact) mass is 241 g/mol. The molecule has 0 atom stereocenters. The average Bonchev–Trinajstić information content (AvgIpc) is 2.26. The van der Waals surface area contributed by atoms with E-state index in [9.17, 15) is 13.2 Å². The van der Waals surface area contributed by atoms with Crippen molar-refractivity contribution in [3.63, 3.8) is 0 Å². The minimum Gasteiger partial charge on any atom is -0.422 e. The molecule has 0 amide bonds. The van der Waals surface area contributed by atoms with Crippen LogP contribution in [0.3, 0.4) is 0 Å². The maximum Gasteiger partial charge on any atom is 0.508 e. The van der Waals surface area contributed by atoms with E-state index in [1.165, 1.54) is 24.3 Å². The molecule has 0 saturated carbocycles. The van der Waals surface area contributed by atoms with Gasteiger partial charge in [-0.3, -0.25) is 4.98 Å². The van der Waals surface area contributed by atoms with E-state index in [4.69, 9.17) is 10.0 Å². The van der Waals surface area contributed by atoms with Crippen LogP contribution in [0.1, 0.15) is 5.56 Å². The van der Waals surface area contributed by atoms with Crippen molar-refractivity contribution in [3.05, 3.63) is 35.9 Å². The Bertz CT molecular complexity index is 557. The minimum atomic E-state index is -4.56. The molecule has 2 rings (SSSR count). The van der Waals surface area contributed by atoms with E-state index in [-0.39, 0.29) is 10.9 Å². The quantitative estimate of drug-likeness (QED) is 0.730. The van der Waals surface area contributed by atoms with E-state index in [0.29, 0.717) is 6.07 Å². The van der Waals surface area contributed by atoms with Crippen LogP contribution in [-0.4, -0.2) is 22.2 Å². The van der Waals surface area contributed by atoms with Crippen molar-refractivity contribution in [3.8, 4) is 0 Å². The fourth-order valence-corrected chi connectivity index (χ4v) is 1.56. The first kappa shape index (κ1) is 11.9. The number of para-hydroxylation sites is 1. The molecule has 1 aromatic carbocycles. The van der Waals surface area contributed by atoms with Gasteiger partial charge in [-0.15, -0.1) is 0 Å². The molecule has 7 heteroatoms. The van der Waals surface area contributed by atoms with E-state index < -0.39 is 24.5 Å². The third-order valence-corrected chi connectivity index (χ3v) is 2.31. The Morgan fingerprint density at radius 3 is 2.35 bits per heavy atom. The third-order valence-electron chi connectivity index (χ3n) is 2.31. The molecular weight excluding hydrogens is 234 g/mol. The summed E-state index contributed by atoms with van der Waals surface area (Å²) in [6.07, 6.45) is -4.56. The molecule has 2 N–H and O–H groups in total. The summed E-state index contributed by atoms with van der Waals surface area (Å²) in [6.45, 7) is 0. The predicted molar refractivity (Wildman–Crippen MR) is 56.6 cm³/mol. The van der Waals surface area contributed by atoms with Crippen molar-refractivity contribution >= 4 is 23.6 Å². The average molecular weight is 241 g/mol. The predicted octanol–water partition coefficient (Wildman–Crippen LogP) is 0.933. The van der Waals surface area contributed by atoms with Crippen LogP contribution in [0.15, 0.2) is 30.3 Å². The smallest absolute Gasteiger partial charge is 0.422 e. The number of nitrogens with zero attached hydrogens (tertiary/aromatic N) is 1. The Hall–Kier alpha value is -1.60. The zero-order valence-electron chi connectivity index (χ0n) is 8.44. The van der Waals surface area contributed by atoms with Crippen molar-refractivity contribution in [2.45, 2.75) is 6.18 Å². The first-order valence-electron chi connectivity index (χ1n) is 4.72. The lowest BCUT2D eigenvalue weighted by atomic mass is 9.84. The van der Waals surface area contributed by atoms with Crippen LogP contribution >= 0.6 is 0 Å². The number of alkyl halides is 3. The van der Waals surface area contributed by atoms with Crippen molar-refractivity contribution in [2.75, 3.05) is 0 Å². The molecule has 0 saturated heterocycles. The van der Waals surface area contributed by atoms with Gasteiger partial charge in [0.2, 0.25) is 0 Å². The molecule has 0 radical (unpaired) electrons. The number of fused-ring (bicyclic) bond motifs is 1. The van der Waals surface area contributed by atoms with Crippen molar-refractivity contribution < 1.29 is 23.2 Å². The van der Waals surface area contributed by atoms with Gasteiger partial charge in [0.1, 0.15) is 0 Å². The lowest BCUT2D eigenvalue weighted by Gasteiger charge is -2.11. The summed E-state index contributed by atoms with van der Waals surface area (Å²) in [4.78, 5) is 3.75. The highest BCUT2D eigenvalue weighted by Gasteiger charge is 2.34. The topological polar surface area (TPSA) is 53.4 Å². The van der Waals surface area contributed by atoms with Gasteiger partial charge in [-0.1, -0.05) is 18.2 Å². The maximum atomic E-state index is 12.8. The van der Waals surface area contributed by atoms with Gasteiger partial charge in [-0.2, -0.15) is 13.2 Å². The molecule has 88 valence electrons. The lowest BCUT2D eigenvalue weighted by molar-refractivity contribution is -0.136. The van der Waals surface area contributed by atoms with E-state index >= 15 is 0 Å². The summed E-state index contributed by atoms with van der Waals surface area (Å²) in [7, 11) is -2.03. The largest absolute Gasteiger partial charge is 0.508 e. The molecule has 0 aliphatic rings. The van der Waals surface area contributed by atoms with Gasteiger partial charge in [0.05, 0.1) is 16.7 Å². The van der Waals surface area contributed by atoms with Crippen molar-refractivity contribution in [1.29, 1.82) is 0 Å². The molecule has 0 unspecified atom stereocenters. The van der Waals surface area contributed by atoms with E-state index in [1.54, 1.807) is 0 Å². The lowest BCUT2D eigenvalue weighted by Crippen LogP contribution is -2.33. The second-order valence-electron chi connectivity index (χ2n) is 3.48. The van der Waals surface area contributed by atoms with Crippen LogP contribution in [-0.2, 0) is 6.18 Å². The Labute approximate surface area is 94.7 Å². The van der Waals surface area contributed by atoms with Gasteiger partial charge in [0.25, 0.3) is 0 Å². The van der Waals surface area contributed by atoms with Crippen LogP contribution in [0.2, 0.25) is 0 Å². The number of pyridine rings is 1. The first-order chi connectivity index (χ1) is 7.89. The van der Waals surface area contributed by atoms with Crippen LogP contribution in [0.5, 0.6) is 0 Å². The standard InChI is InChI=1S/C10H7BF3NO2/c12-10(13,14)7-5-9(11(16)17)15-8-4-2-1-3-6(7)8/h1-5,16-17H. The summed E-state index contributed by atoms with van der Waals surface area (Å²) in [6, 6.07) is 6.32. The zero-order valence-corrected chi connectivity index (χ0v) is 8.44. The van der Waals surface area contributed by atoms with Gasteiger partial charge in [-0.25, -0.2) is 0 Å². The zero-order chi connectivity index (χ0) is 12.6. The van der Waals surface area contributed by atoms with Gasteiger partial charge < -0.3 is 10.0 Å². The Morgan fingerprint density at radius 2 is 1.76 bits per heavy atom. The first-order valence-corrected chi connectivity index (χ1v) is 4.72. The Balaban J connectivity index is 2.79. The van der Waals surface area contributed by atoms with Crippen LogP contribution in [0.4, 0.5) is 13.2 Å². The fourth-order valence-electron chi connectivity index (χ4n) is 1.56. The number of hydrogen-bond acceptors (Lipinski definition) is 3. The molecule has 3 nitrogen and oxygen atoms in total. The fraction of sp³-hybridized carbons (Fsp3) is 0.100. The number of rotatable bonds is 1. The summed E-state index contributed by atoms with van der Waals surface area (Å²) in [5.74, 6) is 0. The summed E-state index contributed by atoms with van der Waals surface area (Å²) in [5, 5.41) is 17.7. The second kappa shape index (κ2) is 4.01. The van der Waals surface area contributed by atoms with Crippen LogP contribution in [0, 0.1) is 0 Å². The van der Waals surface area contributed by atoms with Crippen molar-refractivity contribution in [2.24, 2.45) is 0 Å². The van der Waals surface area contributed by atoms with Gasteiger partial charge in [-0.05, 0) is 12.1 Å². The van der Waals surface area contributed by atoms with Gasteiger partial charge in [0, 0.05) is 5.39 Å². The highest BCUT2D eigenvalue weighted by molar-refractivity contribution is 6.57. The Morgan fingerprint density at radius 1 is 1.12 bits per heavy atom. The van der Waals surface area contributed by atoms with Gasteiger partial charge >= 0.3 is 13.3 Å². The molecule has 0 fully saturated rings. The number of aromatic nitrogens is 1. The number of hydrogen-bond donors (Lipinski definition) is 2. The van der Waals surface area contributed by atoms with E-state index in [1.807, 2.05) is 0 Å². The van der Waals surface area contributed by atoms with Gasteiger partial charge in [0.15, 0.2) is 0 Å². The molecule has 17 heavy (non-hydrogen) atoms. The van der Waals surface area contributed by atoms with E-state index in [0.717, 1.165) is 0 Å². The summed E-state index contributed by atoms with van der Waals surface area (Å²) < 4.78 is 38.3. The summed E-state index contributed by atoms with van der Waals surface area (Å²) in [5.41, 5.74) is -1.27. The molecule has 0 aliphatic carbocycles. The molecular formula is C10H7BF3NO2. The third kappa shape index (κ3) is 2.25. The molecule has 2 aromatic rings. The van der Waals surface area contributed by atoms with Crippen molar-refractivity contribution in [1.82, 2.24) is 4.98 Å². The highest BCUT2D eigenvalue weighted by Crippen LogP contribution is 2.33. The minimum absolute atomic E-state index is 0.0654. The van der Waals surface area contributed by atoms with Crippen LogP contribution < -0.4 is 5.59 Å². The molecule has 0 spiro atoms.